The first-order valence-electron chi connectivity index (χ1n) is 4.77. The summed E-state index contributed by atoms with van der Waals surface area (Å²) < 4.78 is 6.14. The minimum atomic E-state index is -0.750. The summed E-state index contributed by atoms with van der Waals surface area (Å²) in [6, 6.07) is 3.70. The summed E-state index contributed by atoms with van der Waals surface area (Å²) in [5.41, 5.74) is -0.750. The van der Waals surface area contributed by atoms with E-state index in [2.05, 4.69) is 20.9 Å². The summed E-state index contributed by atoms with van der Waals surface area (Å²) in [6.45, 7) is 7.49. The van der Waals surface area contributed by atoms with E-state index in [1.165, 1.54) is 0 Å². The average Bonchev–Trinajstić information content (AvgIpc) is 2.01. The minimum Gasteiger partial charge on any atom is -0.850 e. The van der Waals surface area contributed by atoms with Crippen molar-refractivity contribution in [1.29, 1.82) is 0 Å². The van der Waals surface area contributed by atoms with Crippen LogP contribution >= 0.6 is 15.9 Å². The smallest absolute Gasteiger partial charge is 0.850 e. The molecule has 16 heavy (non-hydrogen) atoms. The third kappa shape index (κ3) is 15.0. The number of aromatic nitrogens is 1. The molecule has 1 aromatic rings. The van der Waals surface area contributed by atoms with Crippen molar-refractivity contribution in [2.75, 3.05) is 6.61 Å². The zero-order chi connectivity index (χ0) is 11.9. The second kappa shape index (κ2) is 10.00. The van der Waals surface area contributed by atoms with E-state index in [0.717, 1.165) is 4.47 Å². The Hall–Kier alpha value is 1.03. The predicted molar refractivity (Wildman–Crippen MR) is 62.9 cm³/mol. The van der Waals surface area contributed by atoms with Crippen LogP contribution in [0.5, 0.6) is 5.88 Å². The summed E-state index contributed by atoms with van der Waals surface area (Å²) in [5, 5.41) is 10.1. The second-order valence-corrected chi connectivity index (χ2v) is 4.77. The SMILES string of the molecule is CC(C)(C)[O-].CCOc1cc(Br)ccn1.[K+]. The van der Waals surface area contributed by atoms with Gasteiger partial charge in [0.25, 0.3) is 0 Å². The minimum absolute atomic E-state index is 0. The molecule has 1 heterocycles. The molecule has 5 heteroatoms. The van der Waals surface area contributed by atoms with Crippen molar-refractivity contribution >= 4 is 15.9 Å². The van der Waals surface area contributed by atoms with E-state index in [1.807, 2.05) is 19.1 Å². The summed E-state index contributed by atoms with van der Waals surface area (Å²) in [7, 11) is 0. The zero-order valence-electron chi connectivity index (χ0n) is 10.6. The first kappa shape index (κ1) is 19.4. The van der Waals surface area contributed by atoms with Gasteiger partial charge in [-0.3, -0.25) is 0 Å². The fourth-order valence-corrected chi connectivity index (χ4v) is 0.926. The van der Waals surface area contributed by atoms with Gasteiger partial charge in [-0.15, -0.1) is 5.60 Å². The number of rotatable bonds is 2. The van der Waals surface area contributed by atoms with Crippen molar-refractivity contribution < 1.29 is 61.2 Å². The van der Waals surface area contributed by atoms with Crippen molar-refractivity contribution in [1.82, 2.24) is 4.98 Å². The van der Waals surface area contributed by atoms with Crippen molar-refractivity contribution in [2.45, 2.75) is 33.3 Å². The standard InChI is InChI=1S/C7H8BrNO.C4H9O.K/c1-2-10-7-5-6(8)3-4-9-7;1-4(2,3)5;/h3-5H,2H2,1H3;1-3H3;/q;-1;+1. The average molecular weight is 314 g/mol. The largest absolute Gasteiger partial charge is 1.00 e. The van der Waals surface area contributed by atoms with Gasteiger partial charge in [-0.25, -0.2) is 4.98 Å². The molecule has 0 atom stereocenters. The van der Waals surface area contributed by atoms with Gasteiger partial charge in [0, 0.05) is 16.7 Å². The van der Waals surface area contributed by atoms with Crippen molar-refractivity contribution in [2.24, 2.45) is 0 Å². The van der Waals surface area contributed by atoms with Gasteiger partial charge >= 0.3 is 51.4 Å². The normalized spacial score (nSPS) is 9.62. The van der Waals surface area contributed by atoms with Gasteiger partial charge in [-0.05, 0) is 13.0 Å². The zero-order valence-corrected chi connectivity index (χ0v) is 15.3. The van der Waals surface area contributed by atoms with Crippen LogP contribution in [0.3, 0.4) is 0 Å². The van der Waals surface area contributed by atoms with E-state index in [4.69, 9.17) is 4.74 Å². The molecule has 0 unspecified atom stereocenters. The second-order valence-electron chi connectivity index (χ2n) is 3.86. The fraction of sp³-hybridized carbons (Fsp3) is 0.545. The number of hydrogen-bond acceptors (Lipinski definition) is 3. The predicted octanol–water partition coefficient (Wildman–Crippen LogP) is -0.608. The molecule has 0 N–H and O–H groups in total. The van der Waals surface area contributed by atoms with Crippen LogP contribution in [-0.2, 0) is 0 Å². The van der Waals surface area contributed by atoms with Gasteiger partial charge in [0.15, 0.2) is 0 Å². The van der Waals surface area contributed by atoms with Crippen molar-refractivity contribution in [3.05, 3.63) is 22.8 Å². The van der Waals surface area contributed by atoms with E-state index < -0.39 is 5.60 Å². The van der Waals surface area contributed by atoms with Crippen LogP contribution in [0.25, 0.3) is 0 Å². The maximum absolute atomic E-state index is 10.1. The first-order chi connectivity index (χ1) is 6.83. The van der Waals surface area contributed by atoms with E-state index in [0.29, 0.717) is 12.5 Å². The number of halogens is 1. The molecule has 86 valence electrons. The molecule has 0 saturated heterocycles. The Labute approximate surface area is 149 Å². The Bertz CT molecular complexity index is 284. The molecule has 0 aromatic carbocycles. The van der Waals surface area contributed by atoms with Crippen LogP contribution in [0, 0.1) is 0 Å². The van der Waals surface area contributed by atoms with Gasteiger partial charge in [0.2, 0.25) is 5.88 Å². The summed E-state index contributed by atoms with van der Waals surface area (Å²) in [5.74, 6) is 0.664. The summed E-state index contributed by atoms with van der Waals surface area (Å²) in [6.07, 6.45) is 1.70. The van der Waals surface area contributed by atoms with Crippen LogP contribution < -0.4 is 61.2 Å². The Morgan fingerprint density at radius 1 is 1.44 bits per heavy atom. The molecule has 0 bridgehead atoms. The monoisotopic (exact) mass is 313 g/mol. The van der Waals surface area contributed by atoms with E-state index >= 15 is 0 Å². The maximum atomic E-state index is 10.1. The summed E-state index contributed by atoms with van der Waals surface area (Å²) in [4.78, 5) is 3.98. The molecule has 1 rings (SSSR count). The van der Waals surface area contributed by atoms with Crippen molar-refractivity contribution in [3.8, 4) is 5.88 Å². The topological polar surface area (TPSA) is 45.2 Å². The van der Waals surface area contributed by atoms with Crippen molar-refractivity contribution in [3.63, 3.8) is 0 Å². The van der Waals surface area contributed by atoms with Crippen LogP contribution in [0.4, 0.5) is 0 Å². The van der Waals surface area contributed by atoms with Crippen LogP contribution in [0.1, 0.15) is 27.7 Å². The first-order valence-corrected chi connectivity index (χ1v) is 5.57. The Morgan fingerprint density at radius 2 is 1.94 bits per heavy atom. The third-order valence-corrected chi connectivity index (χ3v) is 1.48. The Morgan fingerprint density at radius 3 is 2.31 bits per heavy atom. The van der Waals surface area contributed by atoms with Gasteiger partial charge in [0.05, 0.1) is 6.61 Å². The Kier molecular flexibility index (Phi) is 12.1. The molecular formula is C11H17BrKNO2. The molecule has 1 aromatic heterocycles. The molecule has 0 saturated carbocycles. The van der Waals surface area contributed by atoms with Gasteiger partial charge in [0.1, 0.15) is 0 Å². The van der Waals surface area contributed by atoms with Gasteiger partial charge in [-0.1, -0.05) is 36.7 Å². The number of hydrogen-bond donors (Lipinski definition) is 0. The molecule has 0 fully saturated rings. The maximum Gasteiger partial charge on any atom is 1.00 e. The molecule has 0 aliphatic heterocycles. The van der Waals surface area contributed by atoms with E-state index in [9.17, 15) is 5.11 Å². The summed E-state index contributed by atoms with van der Waals surface area (Å²) >= 11 is 3.31. The van der Waals surface area contributed by atoms with E-state index in [-0.39, 0.29) is 51.4 Å². The van der Waals surface area contributed by atoms with Crippen LogP contribution in [0.15, 0.2) is 22.8 Å². The Balaban J connectivity index is 0. The number of ether oxygens (including phenoxy) is 1. The molecule has 3 nitrogen and oxygen atoms in total. The molecule has 0 aliphatic rings. The van der Waals surface area contributed by atoms with Gasteiger partial charge < -0.3 is 9.84 Å². The number of pyridine rings is 1. The quantitative estimate of drug-likeness (QED) is 0.685. The molecule has 0 radical (unpaired) electrons. The fourth-order valence-electron chi connectivity index (χ4n) is 0.612. The molecular weight excluding hydrogens is 297 g/mol. The van der Waals surface area contributed by atoms with E-state index in [1.54, 1.807) is 27.0 Å². The molecule has 0 spiro atoms. The molecule has 0 aliphatic carbocycles. The van der Waals surface area contributed by atoms with Crippen LogP contribution in [-0.4, -0.2) is 17.2 Å². The molecule has 0 amide bonds. The van der Waals surface area contributed by atoms with Crippen LogP contribution in [0.2, 0.25) is 0 Å². The number of nitrogens with zero attached hydrogens (tertiary/aromatic N) is 1. The van der Waals surface area contributed by atoms with Gasteiger partial charge in [-0.2, -0.15) is 0 Å². The third-order valence-electron chi connectivity index (χ3n) is 0.989.